The lowest BCUT2D eigenvalue weighted by Crippen LogP contribution is -2.36. The molecule has 1 aliphatic carbocycles. The van der Waals surface area contributed by atoms with Crippen molar-refractivity contribution in [1.29, 1.82) is 0 Å². The predicted octanol–water partition coefficient (Wildman–Crippen LogP) is 1.14. The zero-order valence-corrected chi connectivity index (χ0v) is 12.0. The Kier molecular flexibility index (Phi) is 6.33. The number of rotatable bonds is 8. The van der Waals surface area contributed by atoms with Gasteiger partial charge in [-0.25, -0.2) is 0 Å². The van der Waals surface area contributed by atoms with Crippen LogP contribution >= 0.6 is 0 Å². The summed E-state index contributed by atoms with van der Waals surface area (Å²) in [4.78, 5) is 43.7. The van der Waals surface area contributed by atoms with E-state index in [2.05, 4.69) is 0 Å². The standard InChI is InChI=1S/C14H20O8/c15-11(16)3-7-1-8(4-12(17)18)10(6-14(21)22)2-9(7)5-13(19)20/h7-10H,1-6H2,(H,15,16)(H,17,18)(H,19,20)(H,21,22). The molecule has 0 aromatic carbocycles. The molecule has 0 aromatic rings. The highest BCUT2D eigenvalue weighted by atomic mass is 16.4. The van der Waals surface area contributed by atoms with Crippen molar-refractivity contribution in [3.8, 4) is 0 Å². The molecule has 0 saturated heterocycles. The summed E-state index contributed by atoms with van der Waals surface area (Å²) in [5.74, 6) is -6.02. The number of carboxylic acid groups (broad SMARTS) is 4. The number of aliphatic carboxylic acids is 4. The first-order valence-electron chi connectivity index (χ1n) is 7.06. The Balaban J connectivity index is 2.92. The molecule has 8 heteroatoms. The Morgan fingerprint density at radius 2 is 0.727 bits per heavy atom. The lowest BCUT2D eigenvalue weighted by Gasteiger charge is -2.39. The Morgan fingerprint density at radius 3 is 0.864 bits per heavy atom. The average Bonchev–Trinajstić information content (AvgIpc) is 2.31. The van der Waals surface area contributed by atoms with Crippen LogP contribution in [-0.4, -0.2) is 44.3 Å². The summed E-state index contributed by atoms with van der Waals surface area (Å²) in [7, 11) is 0. The molecule has 1 rings (SSSR count). The summed E-state index contributed by atoms with van der Waals surface area (Å²) in [5.41, 5.74) is 0. The molecule has 1 aliphatic rings. The summed E-state index contributed by atoms with van der Waals surface area (Å²) < 4.78 is 0. The van der Waals surface area contributed by atoms with Crippen molar-refractivity contribution in [2.24, 2.45) is 23.7 Å². The van der Waals surface area contributed by atoms with E-state index in [-0.39, 0.29) is 38.5 Å². The molecule has 8 nitrogen and oxygen atoms in total. The summed E-state index contributed by atoms with van der Waals surface area (Å²) in [6.45, 7) is 0. The van der Waals surface area contributed by atoms with Gasteiger partial charge in [-0.1, -0.05) is 0 Å². The van der Waals surface area contributed by atoms with Gasteiger partial charge in [0.25, 0.3) is 0 Å². The second-order valence-corrected chi connectivity index (χ2v) is 5.90. The van der Waals surface area contributed by atoms with E-state index in [1.165, 1.54) is 0 Å². The van der Waals surface area contributed by atoms with Crippen LogP contribution in [0.2, 0.25) is 0 Å². The molecule has 0 aromatic heterocycles. The van der Waals surface area contributed by atoms with Gasteiger partial charge in [-0.3, -0.25) is 19.2 Å². The molecular weight excluding hydrogens is 296 g/mol. The van der Waals surface area contributed by atoms with Crippen molar-refractivity contribution in [3.05, 3.63) is 0 Å². The Labute approximate surface area is 126 Å². The van der Waals surface area contributed by atoms with Crippen molar-refractivity contribution in [2.45, 2.75) is 38.5 Å². The molecule has 4 N–H and O–H groups in total. The van der Waals surface area contributed by atoms with Gasteiger partial charge in [-0.2, -0.15) is 0 Å². The van der Waals surface area contributed by atoms with Crippen LogP contribution in [0.1, 0.15) is 38.5 Å². The van der Waals surface area contributed by atoms with E-state index < -0.39 is 47.5 Å². The minimum atomic E-state index is -1.06. The predicted molar refractivity (Wildman–Crippen MR) is 72.2 cm³/mol. The maximum atomic E-state index is 10.9. The third-order valence-electron chi connectivity index (χ3n) is 4.29. The maximum absolute atomic E-state index is 10.9. The third-order valence-corrected chi connectivity index (χ3v) is 4.29. The molecule has 124 valence electrons. The van der Waals surface area contributed by atoms with Crippen LogP contribution in [0.25, 0.3) is 0 Å². The number of hydrogen-bond donors (Lipinski definition) is 4. The quantitative estimate of drug-likeness (QED) is 0.520. The number of hydrogen-bond acceptors (Lipinski definition) is 4. The lowest BCUT2D eigenvalue weighted by atomic mass is 9.64. The third kappa shape index (κ3) is 5.71. The Bertz CT molecular complexity index is 376. The van der Waals surface area contributed by atoms with Gasteiger partial charge >= 0.3 is 23.9 Å². The largest absolute Gasteiger partial charge is 0.481 e. The van der Waals surface area contributed by atoms with E-state index in [4.69, 9.17) is 20.4 Å². The van der Waals surface area contributed by atoms with E-state index in [1.807, 2.05) is 0 Å². The fraction of sp³-hybridized carbons (Fsp3) is 0.714. The number of carboxylic acids is 4. The monoisotopic (exact) mass is 316 g/mol. The van der Waals surface area contributed by atoms with Crippen LogP contribution in [-0.2, 0) is 19.2 Å². The summed E-state index contributed by atoms with van der Waals surface area (Å²) in [5, 5.41) is 35.8. The molecule has 4 atom stereocenters. The highest BCUT2D eigenvalue weighted by molar-refractivity contribution is 5.70. The lowest BCUT2D eigenvalue weighted by molar-refractivity contribution is -0.146. The van der Waals surface area contributed by atoms with Crippen molar-refractivity contribution >= 4 is 23.9 Å². The number of carbonyl (C=O) groups is 4. The van der Waals surface area contributed by atoms with E-state index in [0.717, 1.165) is 0 Å². The van der Waals surface area contributed by atoms with Gasteiger partial charge in [-0.15, -0.1) is 0 Å². The second kappa shape index (κ2) is 7.77. The normalized spacial score (nSPS) is 28.0. The van der Waals surface area contributed by atoms with E-state index in [0.29, 0.717) is 0 Å². The highest BCUT2D eigenvalue weighted by Crippen LogP contribution is 2.44. The van der Waals surface area contributed by atoms with E-state index >= 15 is 0 Å². The first-order valence-corrected chi connectivity index (χ1v) is 7.06. The van der Waals surface area contributed by atoms with Crippen molar-refractivity contribution in [1.82, 2.24) is 0 Å². The fourth-order valence-corrected chi connectivity index (χ4v) is 3.44. The molecule has 4 unspecified atom stereocenters. The Morgan fingerprint density at radius 1 is 0.545 bits per heavy atom. The molecule has 0 bridgehead atoms. The van der Waals surface area contributed by atoms with Gasteiger partial charge in [0.2, 0.25) is 0 Å². The van der Waals surface area contributed by atoms with Crippen LogP contribution < -0.4 is 0 Å². The van der Waals surface area contributed by atoms with Crippen LogP contribution in [0.3, 0.4) is 0 Å². The van der Waals surface area contributed by atoms with Gasteiger partial charge in [-0.05, 0) is 36.5 Å². The highest BCUT2D eigenvalue weighted by Gasteiger charge is 2.40. The second-order valence-electron chi connectivity index (χ2n) is 5.90. The van der Waals surface area contributed by atoms with Crippen LogP contribution in [0, 0.1) is 23.7 Å². The maximum Gasteiger partial charge on any atom is 0.303 e. The zero-order chi connectivity index (χ0) is 16.9. The minimum absolute atomic E-state index is 0.228. The van der Waals surface area contributed by atoms with Crippen LogP contribution in [0.5, 0.6) is 0 Å². The molecule has 0 heterocycles. The van der Waals surface area contributed by atoms with Gasteiger partial charge in [0.15, 0.2) is 0 Å². The molecule has 1 saturated carbocycles. The van der Waals surface area contributed by atoms with Crippen molar-refractivity contribution < 1.29 is 39.6 Å². The summed E-state index contributed by atoms with van der Waals surface area (Å²) in [6.07, 6.45) is -0.452. The Hall–Kier alpha value is -2.12. The molecule has 0 aliphatic heterocycles. The summed E-state index contributed by atoms with van der Waals surface area (Å²) >= 11 is 0. The summed E-state index contributed by atoms with van der Waals surface area (Å²) in [6, 6.07) is 0. The van der Waals surface area contributed by atoms with Gasteiger partial charge < -0.3 is 20.4 Å². The van der Waals surface area contributed by atoms with Gasteiger partial charge in [0.05, 0.1) is 0 Å². The smallest absolute Gasteiger partial charge is 0.303 e. The molecule has 22 heavy (non-hydrogen) atoms. The molecule has 0 spiro atoms. The molecular formula is C14H20O8. The van der Waals surface area contributed by atoms with Crippen molar-refractivity contribution in [2.75, 3.05) is 0 Å². The topological polar surface area (TPSA) is 149 Å². The molecule has 0 radical (unpaired) electrons. The molecule has 1 fully saturated rings. The first-order chi connectivity index (χ1) is 10.2. The average molecular weight is 316 g/mol. The first kappa shape index (κ1) is 17.9. The van der Waals surface area contributed by atoms with Gasteiger partial charge in [0.1, 0.15) is 0 Å². The molecule has 0 amide bonds. The SMILES string of the molecule is O=C(O)CC1CC(CC(=O)O)C(CC(=O)O)CC1CC(=O)O. The van der Waals surface area contributed by atoms with E-state index in [1.54, 1.807) is 0 Å². The van der Waals surface area contributed by atoms with E-state index in [9.17, 15) is 19.2 Å². The van der Waals surface area contributed by atoms with Crippen molar-refractivity contribution in [3.63, 3.8) is 0 Å². The zero-order valence-electron chi connectivity index (χ0n) is 12.0. The van der Waals surface area contributed by atoms with Crippen LogP contribution in [0.15, 0.2) is 0 Å². The minimum Gasteiger partial charge on any atom is -0.481 e. The fourth-order valence-electron chi connectivity index (χ4n) is 3.44. The van der Waals surface area contributed by atoms with Crippen LogP contribution in [0.4, 0.5) is 0 Å². The van der Waals surface area contributed by atoms with Gasteiger partial charge in [0, 0.05) is 25.7 Å².